The second-order valence-electron chi connectivity index (χ2n) is 19.2. The highest BCUT2D eigenvalue weighted by Crippen LogP contribution is 2.50. The molecular formula is C58H70F2N4O2S5. The molecule has 13 heteroatoms. The summed E-state index contributed by atoms with van der Waals surface area (Å²) >= 11 is 6.97. The van der Waals surface area contributed by atoms with E-state index in [9.17, 15) is 0 Å². The monoisotopic (exact) mass is 1050 g/mol. The van der Waals surface area contributed by atoms with Crippen molar-refractivity contribution in [2.24, 2.45) is 0 Å². The molecule has 0 radical (unpaired) electrons. The first-order valence-corrected chi connectivity index (χ1v) is 30.2. The minimum absolute atomic E-state index is 0.219. The lowest BCUT2D eigenvalue weighted by atomic mass is 9.98. The van der Waals surface area contributed by atoms with Crippen LogP contribution in [0.25, 0.3) is 74.3 Å². The molecule has 0 aliphatic carbocycles. The molecular weight excluding hydrogens is 983 g/mol. The first kappa shape index (κ1) is 53.2. The average Bonchev–Trinajstić information content (AvgIpc) is 4.24. The van der Waals surface area contributed by atoms with Gasteiger partial charge < -0.3 is 9.47 Å². The summed E-state index contributed by atoms with van der Waals surface area (Å²) < 4.78 is 65.3. The summed E-state index contributed by atoms with van der Waals surface area (Å²) in [7, 11) is 0. The first-order valence-electron chi connectivity index (χ1n) is 26.3. The third-order valence-electron chi connectivity index (χ3n) is 13.8. The summed E-state index contributed by atoms with van der Waals surface area (Å²) in [6.07, 6.45) is 25.1. The molecule has 0 N–H and O–H groups in total. The van der Waals surface area contributed by atoms with Gasteiger partial charge in [-0.05, 0) is 89.1 Å². The molecule has 3 aromatic carbocycles. The number of rotatable bonds is 29. The largest absolute Gasteiger partial charge is 0.493 e. The number of nitrogens with zero attached hydrogens (tertiary/aromatic N) is 4. The van der Waals surface area contributed by atoms with E-state index in [2.05, 4.69) is 58.0 Å². The quantitative estimate of drug-likeness (QED) is 0.0435. The Balaban J connectivity index is 0.997. The van der Waals surface area contributed by atoms with Gasteiger partial charge in [-0.15, -0.1) is 34.0 Å². The Hall–Kier alpha value is -4.14. The van der Waals surface area contributed by atoms with E-state index in [1.807, 2.05) is 24.3 Å². The second-order valence-corrected chi connectivity index (χ2v) is 23.7. The SMILES string of the molecule is CCCCCCCCCCCCOc1c(C)c(-c2ccc(-c3cc(F)c(-c4ccc(-c5c(OCCCCCCCCCCCC)c(C)c(-c6ccc(C)s6)c6nsnc56)s4)cc3F)s2)c2nsnc2c1C. The maximum Gasteiger partial charge on any atom is 0.133 e. The van der Waals surface area contributed by atoms with Crippen molar-refractivity contribution < 1.29 is 18.3 Å². The highest BCUT2D eigenvalue weighted by molar-refractivity contribution is 7.19. The van der Waals surface area contributed by atoms with Crippen molar-refractivity contribution >= 4 is 79.5 Å². The van der Waals surface area contributed by atoms with Crippen molar-refractivity contribution in [3.05, 3.63) is 81.7 Å². The van der Waals surface area contributed by atoms with Crippen LogP contribution in [0.1, 0.15) is 164 Å². The Labute approximate surface area is 441 Å². The number of aryl methyl sites for hydroxylation is 2. The molecule has 8 rings (SSSR count). The normalized spacial score (nSPS) is 11.8. The molecule has 0 saturated carbocycles. The Kier molecular flexibility index (Phi) is 19.6. The molecule has 0 aliphatic heterocycles. The lowest BCUT2D eigenvalue weighted by Crippen LogP contribution is -2.02. The van der Waals surface area contributed by atoms with E-state index in [0.717, 1.165) is 107 Å². The molecule has 0 saturated heterocycles. The predicted molar refractivity (Wildman–Crippen MR) is 303 cm³/mol. The Bertz CT molecular complexity index is 2980. The van der Waals surface area contributed by atoms with Crippen LogP contribution in [0.2, 0.25) is 0 Å². The first-order chi connectivity index (χ1) is 34.7. The number of fused-ring (bicyclic) bond motifs is 2. The van der Waals surface area contributed by atoms with E-state index in [0.29, 0.717) is 23.0 Å². The minimum Gasteiger partial charge on any atom is -0.493 e. The molecule has 0 unspecified atom stereocenters. The fraction of sp³-hybridized carbons (Fsp3) is 0.483. The van der Waals surface area contributed by atoms with Gasteiger partial charge in [-0.3, -0.25) is 0 Å². The van der Waals surface area contributed by atoms with E-state index in [1.165, 1.54) is 166 Å². The zero-order chi connectivity index (χ0) is 49.7. The Morgan fingerprint density at radius 2 is 0.761 bits per heavy atom. The Morgan fingerprint density at radius 3 is 1.24 bits per heavy atom. The van der Waals surface area contributed by atoms with E-state index in [4.69, 9.17) is 22.6 Å². The maximum atomic E-state index is 16.5. The fourth-order valence-corrected chi connectivity index (χ4v) is 14.2. The van der Waals surface area contributed by atoms with Gasteiger partial charge in [0.05, 0.1) is 42.2 Å². The van der Waals surface area contributed by atoms with Crippen LogP contribution in [0.5, 0.6) is 11.5 Å². The van der Waals surface area contributed by atoms with Crippen LogP contribution in [-0.4, -0.2) is 30.7 Å². The van der Waals surface area contributed by atoms with Crippen LogP contribution in [0.15, 0.2) is 48.5 Å². The molecule has 0 atom stereocenters. The van der Waals surface area contributed by atoms with Gasteiger partial charge in [0.15, 0.2) is 0 Å². The summed E-state index contributed by atoms with van der Waals surface area (Å²) in [4.78, 5) is 5.41. The van der Waals surface area contributed by atoms with Crippen LogP contribution < -0.4 is 9.47 Å². The molecule has 6 nitrogen and oxygen atoms in total. The van der Waals surface area contributed by atoms with E-state index < -0.39 is 11.6 Å². The van der Waals surface area contributed by atoms with Crippen molar-refractivity contribution in [1.29, 1.82) is 0 Å². The molecule has 0 amide bonds. The van der Waals surface area contributed by atoms with Gasteiger partial charge >= 0.3 is 0 Å². The van der Waals surface area contributed by atoms with Gasteiger partial charge in [0.1, 0.15) is 45.2 Å². The number of aromatic nitrogens is 4. The second kappa shape index (κ2) is 26.2. The molecule has 0 aliphatic rings. The number of unbranched alkanes of at least 4 members (excludes halogenated alkanes) is 18. The van der Waals surface area contributed by atoms with Gasteiger partial charge in [-0.2, -0.15) is 17.5 Å². The lowest BCUT2D eigenvalue weighted by Gasteiger charge is -2.17. The van der Waals surface area contributed by atoms with Crippen LogP contribution in [0, 0.1) is 39.3 Å². The van der Waals surface area contributed by atoms with Gasteiger partial charge in [0.2, 0.25) is 0 Å². The molecule has 5 heterocycles. The number of hydrogen-bond donors (Lipinski definition) is 0. The molecule has 5 aromatic heterocycles. The highest BCUT2D eigenvalue weighted by atomic mass is 32.1. The summed E-state index contributed by atoms with van der Waals surface area (Å²) in [5, 5.41) is 0. The van der Waals surface area contributed by atoms with Gasteiger partial charge in [-0.1, -0.05) is 129 Å². The third kappa shape index (κ3) is 12.8. The molecule has 0 bridgehead atoms. The van der Waals surface area contributed by atoms with E-state index >= 15 is 8.78 Å². The number of halogens is 2. The lowest BCUT2D eigenvalue weighted by molar-refractivity contribution is 0.301. The zero-order valence-electron chi connectivity index (χ0n) is 42.6. The molecule has 0 spiro atoms. The fourth-order valence-electron chi connectivity index (χ4n) is 9.86. The molecule has 71 heavy (non-hydrogen) atoms. The number of benzene rings is 3. The summed E-state index contributed by atoms with van der Waals surface area (Å²) in [6, 6.07) is 14.7. The minimum atomic E-state index is -0.484. The van der Waals surface area contributed by atoms with Crippen molar-refractivity contribution in [3.8, 4) is 63.7 Å². The van der Waals surface area contributed by atoms with E-state index in [1.54, 1.807) is 11.3 Å². The standard InChI is InChI=1S/C58H70F2N4O2S5/c1-7-9-11-13-15-17-19-21-23-25-33-65-57-38(4)50(54-53(40(57)6)61-70-62-54)48-31-29-45(68-48)41-35-44(60)42(36-43(41)59)46-30-32-49(69-46)52-56-55(63-71-64-56)51(47-28-27-37(3)67-47)39(5)58(52)66-34-26-24-22-20-18-16-14-12-10-8-2/h27-32,35-36H,7-26,33-34H2,1-6H3. The van der Waals surface area contributed by atoms with E-state index in [-0.39, 0.29) is 11.1 Å². The number of ether oxygens (including phenoxy) is 2. The van der Waals surface area contributed by atoms with Crippen molar-refractivity contribution in [2.75, 3.05) is 13.2 Å². The summed E-state index contributed by atoms with van der Waals surface area (Å²) in [5.41, 5.74) is 9.51. The average molecular weight is 1050 g/mol. The van der Waals surface area contributed by atoms with Crippen LogP contribution in [0.4, 0.5) is 8.78 Å². The molecule has 8 aromatic rings. The maximum absolute atomic E-state index is 16.5. The number of hydrogen-bond acceptors (Lipinski definition) is 11. The van der Waals surface area contributed by atoms with Crippen LogP contribution in [-0.2, 0) is 0 Å². The van der Waals surface area contributed by atoms with Crippen LogP contribution in [0.3, 0.4) is 0 Å². The molecule has 0 fully saturated rings. The third-order valence-corrected chi connectivity index (χ3v) is 18.2. The van der Waals surface area contributed by atoms with Crippen molar-refractivity contribution in [1.82, 2.24) is 17.5 Å². The predicted octanol–water partition coefficient (Wildman–Crippen LogP) is 20.3. The van der Waals surface area contributed by atoms with Crippen molar-refractivity contribution in [2.45, 2.75) is 170 Å². The molecule has 378 valence electrons. The topological polar surface area (TPSA) is 70.0 Å². The van der Waals surface area contributed by atoms with Gasteiger partial charge in [0, 0.05) is 68.2 Å². The highest BCUT2D eigenvalue weighted by Gasteiger charge is 2.27. The number of thiophene rings is 3. The zero-order valence-corrected chi connectivity index (χ0v) is 46.7. The van der Waals surface area contributed by atoms with Gasteiger partial charge in [-0.25, -0.2) is 8.78 Å². The summed E-state index contributed by atoms with van der Waals surface area (Å²) in [6.45, 7) is 14.1. The summed E-state index contributed by atoms with van der Waals surface area (Å²) in [5.74, 6) is 0.659. The van der Waals surface area contributed by atoms with Crippen molar-refractivity contribution in [3.63, 3.8) is 0 Å². The Morgan fingerprint density at radius 1 is 0.394 bits per heavy atom. The smallest absolute Gasteiger partial charge is 0.133 e. The van der Waals surface area contributed by atoms with Crippen LogP contribution >= 0.6 is 57.5 Å². The van der Waals surface area contributed by atoms with Gasteiger partial charge in [0.25, 0.3) is 0 Å².